The summed E-state index contributed by atoms with van der Waals surface area (Å²) in [5.41, 5.74) is 0. The Morgan fingerprint density at radius 2 is 1.73 bits per heavy atom. The van der Waals surface area contributed by atoms with Crippen LogP contribution in [-0.4, -0.2) is 23.9 Å². The second-order valence-electron chi connectivity index (χ2n) is 3.87. The largest absolute Gasteiger partial charge is 0.342 e. The van der Waals surface area contributed by atoms with Crippen LogP contribution in [0.4, 0.5) is 0 Å². The van der Waals surface area contributed by atoms with Gasteiger partial charge in [0.2, 0.25) is 5.91 Å². The molecule has 2 heteroatoms. The van der Waals surface area contributed by atoms with Gasteiger partial charge in [-0.15, -0.1) is 0 Å². The predicted molar refractivity (Wildman–Crippen MR) is 45.2 cm³/mol. The highest BCUT2D eigenvalue weighted by Gasteiger charge is 2.22. The molecule has 1 saturated heterocycles. The lowest BCUT2D eigenvalue weighted by atomic mass is 9.92. The van der Waals surface area contributed by atoms with Gasteiger partial charge in [-0.05, 0) is 18.3 Å². The van der Waals surface area contributed by atoms with Crippen molar-refractivity contribution in [1.82, 2.24) is 4.90 Å². The van der Waals surface area contributed by atoms with Crippen molar-refractivity contribution in [2.75, 3.05) is 13.1 Å². The quantitative estimate of drug-likeness (QED) is 0.519. The Bertz CT molecular complexity index is 146. The van der Waals surface area contributed by atoms with Crippen LogP contribution in [0.1, 0.15) is 27.2 Å². The van der Waals surface area contributed by atoms with Gasteiger partial charge in [-0.2, -0.15) is 0 Å². The molecule has 0 bridgehead atoms. The van der Waals surface area contributed by atoms with Gasteiger partial charge in [-0.25, -0.2) is 0 Å². The lowest BCUT2D eigenvalue weighted by Gasteiger charge is -2.34. The van der Waals surface area contributed by atoms with Gasteiger partial charge < -0.3 is 4.90 Å². The highest BCUT2D eigenvalue weighted by Crippen LogP contribution is 2.20. The van der Waals surface area contributed by atoms with Gasteiger partial charge in [0, 0.05) is 20.0 Å². The molecule has 2 unspecified atom stereocenters. The number of hydrogen-bond donors (Lipinski definition) is 0. The predicted octanol–water partition coefficient (Wildman–Crippen LogP) is 1.51. The molecular weight excluding hydrogens is 138 g/mol. The standard InChI is InChI=1S/C9H17NO/c1-7-4-8(2)6-10(5-7)9(3)11/h7-8H,4-6H2,1-3H3. The molecule has 0 aromatic rings. The summed E-state index contributed by atoms with van der Waals surface area (Å²) >= 11 is 0. The number of carbonyl (C=O) groups is 1. The summed E-state index contributed by atoms with van der Waals surface area (Å²) in [6, 6.07) is 0. The van der Waals surface area contributed by atoms with E-state index in [9.17, 15) is 4.79 Å². The number of piperidine rings is 1. The maximum Gasteiger partial charge on any atom is 0.219 e. The summed E-state index contributed by atoms with van der Waals surface area (Å²) in [4.78, 5) is 13.0. The Morgan fingerprint density at radius 3 is 2.09 bits per heavy atom. The summed E-state index contributed by atoms with van der Waals surface area (Å²) in [5.74, 6) is 1.59. The second kappa shape index (κ2) is 3.24. The molecule has 1 fully saturated rings. The molecule has 0 aliphatic carbocycles. The number of hydrogen-bond acceptors (Lipinski definition) is 1. The van der Waals surface area contributed by atoms with E-state index in [0.717, 1.165) is 13.1 Å². The molecule has 11 heavy (non-hydrogen) atoms. The Kier molecular flexibility index (Phi) is 2.53. The summed E-state index contributed by atoms with van der Waals surface area (Å²) in [6.07, 6.45) is 1.27. The normalized spacial score (nSPS) is 32.1. The van der Waals surface area contributed by atoms with E-state index in [-0.39, 0.29) is 5.91 Å². The Hall–Kier alpha value is -0.530. The van der Waals surface area contributed by atoms with E-state index in [1.54, 1.807) is 6.92 Å². The maximum atomic E-state index is 11.0. The molecule has 2 nitrogen and oxygen atoms in total. The zero-order valence-corrected chi connectivity index (χ0v) is 7.63. The highest BCUT2D eigenvalue weighted by atomic mass is 16.2. The Balaban J connectivity index is 2.49. The SMILES string of the molecule is CC(=O)N1CC(C)CC(C)C1. The van der Waals surface area contributed by atoms with Crippen LogP contribution < -0.4 is 0 Å². The Morgan fingerprint density at radius 1 is 1.27 bits per heavy atom. The fourth-order valence-corrected chi connectivity index (χ4v) is 1.92. The third-order valence-electron chi connectivity index (χ3n) is 2.31. The number of carbonyl (C=O) groups excluding carboxylic acids is 1. The summed E-state index contributed by atoms with van der Waals surface area (Å²) in [5, 5.41) is 0. The average Bonchev–Trinajstić information content (AvgIpc) is 1.85. The Labute approximate surface area is 68.6 Å². The van der Waals surface area contributed by atoms with E-state index in [0.29, 0.717) is 11.8 Å². The first kappa shape index (κ1) is 8.57. The van der Waals surface area contributed by atoms with E-state index in [1.807, 2.05) is 4.90 Å². The molecule has 1 aliphatic rings. The van der Waals surface area contributed by atoms with Crippen LogP contribution in [0.15, 0.2) is 0 Å². The van der Waals surface area contributed by atoms with Crippen molar-refractivity contribution in [1.29, 1.82) is 0 Å². The zero-order valence-electron chi connectivity index (χ0n) is 7.63. The van der Waals surface area contributed by atoms with E-state index in [1.165, 1.54) is 6.42 Å². The van der Waals surface area contributed by atoms with Crippen LogP contribution in [0, 0.1) is 11.8 Å². The maximum absolute atomic E-state index is 11.0. The molecule has 1 aliphatic heterocycles. The van der Waals surface area contributed by atoms with Gasteiger partial charge >= 0.3 is 0 Å². The first-order chi connectivity index (χ1) is 5.09. The van der Waals surface area contributed by atoms with Crippen molar-refractivity contribution >= 4 is 5.91 Å². The topological polar surface area (TPSA) is 20.3 Å². The van der Waals surface area contributed by atoms with Gasteiger partial charge in [0.1, 0.15) is 0 Å². The van der Waals surface area contributed by atoms with E-state index >= 15 is 0 Å². The molecule has 0 aromatic carbocycles. The molecule has 1 amide bonds. The van der Waals surface area contributed by atoms with E-state index < -0.39 is 0 Å². The van der Waals surface area contributed by atoms with Crippen molar-refractivity contribution in [2.24, 2.45) is 11.8 Å². The van der Waals surface area contributed by atoms with Crippen LogP contribution in [0.2, 0.25) is 0 Å². The minimum atomic E-state index is 0.225. The molecule has 0 aromatic heterocycles. The van der Waals surface area contributed by atoms with Crippen LogP contribution in [0.3, 0.4) is 0 Å². The average molecular weight is 155 g/mol. The molecule has 0 saturated carbocycles. The van der Waals surface area contributed by atoms with Crippen LogP contribution in [-0.2, 0) is 4.79 Å². The lowest BCUT2D eigenvalue weighted by Crippen LogP contribution is -2.41. The first-order valence-electron chi connectivity index (χ1n) is 4.35. The van der Waals surface area contributed by atoms with Crippen molar-refractivity contribution in [3.05, 3.63) is 0 Å². The van der Waals surface area contributed by atoms with Gasteiger partial charge in [0.25, 0.3) is 0 Å². The van der Waals surface area contributed by atoms with Gasteiger partial charge in [-0.1, -0.05) is 13.8 Å². The van der Waals surface area contributed by atoms with E-state index in [4.69, 9.17) is 0 Å². The number of nitrogens with zero attached hydrogens (tertiary/aromatic N) is 1. The fourth-order valence-electron chi connectivity index (χ4n) is 1.92. The minimum Gasteiger partial charge on any atom is -0.342 e. The van der Waals surface area contributed by atoms with Crippen molar-refractivity contribution in [3.63, 3.8) is 0 Å². The molecule has 0 spiro atoms. The van der Waals surface area contributed by atoms with Crippen LogP contribution >= 0.6 is 0 Å². The smallest absolute Gasteiger partial charge is 0.219 e. The van der Waals surface area contributed by atoms with Gasteiger partial charge in [0.15, 0.2) is 0 Å². The number of rotatable bonds is 0. The van der Waals surface area contributed by atoms with Gasteiger partial charge in [-0.3, -0.25) is 4.79 Å². The minimum absolute atomic E-state index is 0.225. The molecule has 2 atom stereocenters. The third-order valence-corrected chi connectivity index (χ3v) is 2.31. The van der Waals surface area contributed by atoms with Crippen LogP contribution in [0.25, 0.3) is 0 Å². The molecule has 1 heterocycles. The van der Waals surface area contributed by atoms with Crippen molar-refractivity contribution in [2.45, 2.75) is 27.2 Å². The lowest BCUT2D eigenvalue weighted by molar-refractivity contribution is -0.131. The van der Waals surface area contributed by atoms with Crippen molar-refractivity contribution < 1.29 is 4.79 Å². The second-order valence-corrected chi connectivity index (χ2v) is 3.87. The van der Waals surface area contributed by atoms with Crippen LogP contribution in [0.5, 0.6) is 0 Å². The van der Waals surface area contributed by atoms with E-state index in [2.05, 4.69) is 13.8 Å². The van der Waals surface area contributed by atoms with Crippen molar-refractivity contribution in [3.8, 4) is 0 Å². The highest BCUT2D eigenvalue weighted by molar-refractivity contribution is 5.73. The zero-order chi connectivity index (χ0) is 8.43. The molecule has 0 N–H and O–H groups in total. The fraction of sp³-hybridized carbons (Fsp3) is 0.889. The molecule has 1 rings (SSSR count). The summed E-state index contributed by atoms with van der Waals surface area (Å²) in [6.45, 7) is 8.00. The third kappa shape index (κ3) is 2.21. The van der Waals surface area contributed by atoms with Gasteiger partial charge in [0.05, 0.1) is 0 Å². The molecule has 0 radical (unpaired) electrons. The number of amides is 1. The molecular formula is C9H17NO. The molecule has 64 valence electrons. The summed E-state index contributed by atoms with van der Waals surface area (Å²) < 4.78 is 0. The first-order valence-corrected chi connectivity index (χ1v) is 4.35. The number of likely N-dealkylation sites (tertiary alicyclic amines) is 1. The monoisotopic (exact) mass is 155 g/mol. The summed E-state index contributed by atoms with van der Waals surface area (Å²) in [7, 11) is 0.